The Morgan fingerprint density at radius 2 is 2.29 bits per heavy atom. The van der Waals surface area contributed by atoms with E-state index in [0.717, 1.165) is 6.42 Å². The van der Waals surface area contributed by atoms with Gasteiger partial charge in [0.1, 0.15) is 0 Å². The van der Waals surface area contributed by atoms with Crippen LogP contribution < -0.4 is 5.32 Å². The van der Waals surface area contributed by atoms with Gasteiger partial charge in [0.15, 0.2) is 0 Å². The number of anilines is 1. The van der Waals surface area contributed by atoms with Crippen LogP contribution in [0.4, 0.5) is 11.4 Å². The van der Waals surface area contributed by atoms with Crippen molar-refractivity contribution in [2.75, 3.05) is 25.5 Å². The fraction of sp³-hybridized carbons (Fsp3) is 0.500. The van der Waals surface area contributed by atoms with Gasteiger partial charge in [-0.25, -0.2) is 0 Å². The minimum atomic E-state index is -0.521. The van der Waals surface area contributed by atoms with E-state index in [1.165, 1.54) is 18.2 Å². The molecule has 0 aromatic heterocycles. The van der Waals surface area contributed by atoms with Crippen LogP contribution in [0.15, 0.2) is 18.2 Å². The predicted molar refractivity (Wildman–Crippen MR) is 78.3 cm³/mol. The number of aliphatic hydroxyl groups excluding tert-OH is 1. The largest absolute Gasteiger partial charge is 0.394 e. The van der Waals surface area contributed by atoms with Crippen molar-refractivity contribution in [1.29, 1.82) is 0 Å². The number of aliphatic hydroxyl groups is 1. The third-order valence-corrected chi connectivity index (χ3v) is 4.04. The van der Waals surface area contributed by atoms with Crippen LogP contribution in [-0.2, 0) is 0 Å². The van der Waals surface area contributed by atoms with Gasteiger partial charge in [-0.15, -0.1) is 0 Å². The van der Waals surface area contributed by atoms with Gasteiger partial charge in [-0.05, 0) is 18.4 Å². The van der Waals surface area contributed by atoms with Gasteiger partial charge in [0.25, 0.3) is 11.6 Å². The number of carbonyl (C=O) groups is 1. The van der Waals surface area contributed by atoms with Gasteiger partial charge in [-0.3, -0.25) is 14.9 Å². The first-order valence-corrected chi connectivity index (χ1v) is 6.87. The summed E-state index contributed by atoms with van der Waals surface area (Å²) in [6, 6.07) is 3.94. The molecule has 2 unspecified atom stereocenters. The molecule has 2 rings (SSSR count). The lowest BCUT2D eigenvalue weighted by Crippen LogP contribution is -2.40. The maximum Gasteiger partial charge on any atom is 0.270 e. The number of nitrogens with zero attached hydrogens (tertiary/aromatic N) is 2. The molecule has 1 aliphatic rings. The van der Waals surface area contributed by atoms with Gasteiger partial charge in [0, 0.05) is 31.4 Å². The second-order valence-electron chi connectivity index (χ2n) is 5.25. The second-order valence-corrected chi connectivity index (χ2v) is 5.25. The molecule has 0 spiro atoms. The zero-order valence-corrected chi connectivity index (χ0v) is 12.1. The molecule has 2 atom stereocenters. The maximum absolute atomic E-state index is 12.7. The van der Waals surface area contributed by atoms with Crippen molar-refractivity contribution in [1.82, 2.24) is 4.90 Å². The third kappa shape index (κ3) is 2.82. The van der Waals surface area contributed by atoms with Gasteiger partial charge in [0.05, 0.1) is 23.1 Å². The highest BCUT2D eigenvalue weighted by molar-refractivity contribution is 6.00. The van der Waals surface area contributed by atoms with Gasteiger partial charge >= 0.3 is 0 Å². The molecule has 0 radical (unpaired) electrons. The fourth-order valence-electron chi connectivity index (χ4n) is 2.73. The Morgan fingerprint density at radius 3 is 2.86 bits per heavy atom. The molecule has 114 valence electrons. The van der Waals surface area contributed by atoms with Gasteiger partial charge < -0.3 is 15.3 Å². The SMILES string of the molecule is CNc1ccc([N+](=O)[O-])cc1C(=O)N1CCC(C)C1CO. The smallest absolute Gasteiger partial charge is 0.270 e. The Hall–Kier alpha value is -2.15. The van der Waals surface area contributed by atoms with E-state index in [0.29, 0.717) is 12.2 Å². The third-order valence-electron chi connectivity index (χ3n) is 4.04. The first-order chi connectivity index (χ1) is 9.99. The summed E-state index contributed by atoms with van der Waals surface area (Å²) in [7, 11) is 1.66. The summed E-state index contributed by atoms with van der Waals surface area (Å²) >= 11 is 0. The van der Waals surface area contributed by atoms with Crippen LogP contribution in [0.5, 0.6) is 0 Å². The lowest BCUT2D eigenvalue weighted by Gasteiger charge is -2.26. The standard InChI is InChI=1S/C14H19N3O4/c1-9-5-6-16(13(9)8-18)14(19)11-7-10(17(20)21)3-4-12(11)15-2/h3-4,7,9,13,15,18H,5-6,8H2,1-2H3. The first-order valence-electron chi connectivity index (χ1n) is 6.87. The molecule has 1 amide bonds. The zero-order valence-electron chi connectivity index (χ0n) is 12.1. The van der Waals surface area contributed by atoms with Crippen LogP contribution in [0.3, 0.4) is 0 Å². The minimum absolute atomic E-state index is 0.100. The Morgan fingerprint density at radius 1 is 1.57 bits per heavy atom. The van der Waals surface area contributed by atoms with Gasteiger partial charge in [-0.2, -0.15) is 0 Å². The molecule has 1 saturated heterocycles. The number of amides is 1. The van der Waals surface area contributed by atoms with Crippen molar-refractivity contribution in [3.8, 4) is 0 Å². The normalized spacial score (nSPS) is 21.4. The number of hydrogen-bond acceptors (Lipinski definition) is 5. The summed E-state index contributed by atoms with van der Waals surface area (Å²) in [6.07, 6.45) is 0.820. The number of likely N-dealkylation sites (tertiary alicyclic amines) is 1. The van der Waals surface area contributed by atoms with Crippen molar-refractivity contribution in [2.24, 2.45) is 5.92 Å². The van der Waals surface area contributed by atoms with Crippen LogP contribution in [0.25, 0.3) is 0 Å². The number of rotatable bonds is 4. The minimum Gasteiger partial charge on any atom is -0.394 e. The predicted octanol–water partition coefficient (Wildman–Crippen LogP) is 1.48. The van der Waals surface area contributed by atoms with E-state index in [1.807, 2.05) is 6.92 Å². The van der Waals surface area contributed by atoms with E-state index >= 15 is 0 Å². The van der Waals surface area contributed by atoms with Crippen LogP contribution in [-0.4, -0.2) is 47.1 Å². The quantitative estimate of drug-likeness (QED) is 0.647. The molecule has 21 heavy (non-hydrogen) atoms. The molecular formula is C14H19N3O4. The van der Waals surface area contributed by atoms with E-state index in [-0.39, 0.29) is 35.7 Å². The number of benzene rings is 1. The van der Waals surface area contributed by atoms with Crippen molar-refractivity contribution in [2.45, 2.75) is 19.4 Å². The molecule has 0 aliphatic carbocycles. The summed E-state index contributed by atoms with van der Waals surface area (Å²) in [6.45, 7) is 2.44. The highest BCUT2D eigenvalue weighted by Crippen LogP contribution is 2.29. The van der Waals surface area contributed by atoms with Crippen LogP contribution in [0.1, 0.15) is 23.7 Å². The first kappa shape index (κ1) is 15.2. The van der Waals surface area contributed by atoms with E-state index in [1.54, 1.807) is 11.9 Å². The van der Waals surface area contributed by atoms with Crippen molar-refractivity contribution in [3.63, 3.8) is 0 Å². The number of nitro benzene ring substituents is 1. The Kier molecular flexibility index (Phi) is 4.42. The number of hydrogen-bond donors (Lipinski definition) is 2. The van der Waals surface area contributed by atoms with E-state index in [9.17, 15) is 20.0 Å². The average Bonchev–Trinajstić information content (AvgIpc) is 2.86. The topological polar surface area (TPSA) is 95.7 Å². The maximum atomic E-state index is 12.7. The van der Waals surface area contributed by atoms with Crippen LogP contribution >= 0.6 is 0 Å². The molecule has 2 N–H and O–H groups in total. The molecule has 1 aromatic carbocycles. The lowest BCUT2D eigenvalue weighted by atomic mass is 10.0. The summed E-state index contributed by atoms with van der Waals surface area (Å²) in [5.74, 6) is -0.0675. The summed E-state index contributed by atoms with van der Waals surface area (Å²) < 4.78 is 0. The number of nitro groups is 1. The molecular weight excluding hydrogens is 274 g/mol. The molecule has 0 saturated carbocycles. The Labute approximate surface area is 122 Å². The van der Waals surface area contributed by atoms with Crippen LogP contribution in [0, 0.1) is 16.0 Å². The summed E-state index contributed by atoms with van der Waals surface area (Å²) in [5, 5.41) is 23.2. The van der Waals surface area contributed by atoms with Crippen molar-refractivity contribution < 1.29 is 14.8 Å². The highest BCUT2D eigenvalue weighted by atomic mass is 16.6. The lowest BCUT2D eigenvalue weighted by molar-refractivity contribution is -0.384. The average molecular weight is 293 g/mol. The number of carbonyl (C=O) groups excluding carboxylic acids is 1. The highest BCUT2D eigenvalue weighted by Gasteiger charge is 2.35. The molecule has 1 aliphatic heterocycles. The number of nitrogens with one attached hydrogen (secondary N) is 1. The Bertz CT molecular complexity index is 561. The van der Waals surface area contributed by atoms with E-state index in [4.69, 9.17) is 0 Å². The van der Waals surface area contributed by atoms with Gasteiger partial charge in [-0.1, -0.05) is 6.92 Å². The molecule has 1 fully saturated rings. The molecule has 1 heterocycles. The fourth-order valence-corrected chi connectivity index (χ4v) is 2.73. The Balaban J connectivity index is 2.38. The molecule has 7 heteroatoms. The number of non-ortho nitro benzene ring substituents is 1. The zero-order chi connectivity index (χ0) is 15.6. The molecule has 7 nitrogen and oxygen atoms in total. The van der Waals surface area contributed by atoms with Crippen LogP contribution in [0.2, 0.25) is 0 Å². The van der Waals surface area contributed by atoms with Crippen molar-refractivity contribution >= 4 is 17.3 Å². The monoisotopic (exact) mass is 293 g/mol. The van der Waals surface area contributed by atoms with Crippen molar-refractivity contribution in [3.05, 3.63) is 33.9 Å². The summed E-state index contributed by atoms with van der Waals surface area (Å²) in [5.41, 5.74) is 0.686. The molecule has 1 aromatic rings. The van der Waals surface area contributed by atoms with Gasteiger partial charge in [0.2, 0.25) is 0 Å². The molecule has 0 bridgehead atoms. The van der Waals surface area contributed by atoms with E-state index < -0.39 is 4.92 Å². The van der Waals surface area contributed by atoms with E-state index in [2.05, 4.69) is 5.32 Å². The summed E-state index contributed by atoms with van der Waals surface area (Å²) in [4.78, 5) is 24.6. The second kappa shape index (κ2) is 6.09.